The van der Waals surface area contributed by atoms with Crippen LogP contribution in [-0.4, -0.2) is 215 Å². The molecule has 47 heavy (non-hydrogen) atoms. The molecule has 0 aromatic rings. The maximum Gasteiger partial charge on any atom is 0.234 e. The monoisotopic (exact) mass is 691 g/mol. The van der Waals surface area contributed by atoms with E-state index < -0.39 is 112 Å². The molecule has 0 aromatic heterocycles. The molecule has 3 saturated heterocycles. The third-order valence-electron chi connectivity index (χ3n) is 7.77. The van der Waals surface area contributed by atoms with Crippen LogP contribution in [0.5, 0.6) is 0 Å². The summed E-state index contributed by atoms with van der Waals surface area (Å²) in [5, 5.41) is 108. The van der Waals surface area contributed by atoms with E-state index in [1.165, 1.54) is 0 Å². The zero-order valence-electron chi connectivity index (χ0n) is 25.5. The number of aliphatic hydroxyl groups is 10. The minimum absolute atomic E-state index is 0.0312. The highest BCUT2D eigenvalue weighted by atomic mass is 16.8. The predicted octanol–water partition coefficient (Wildman–Crippen LogP) is -8.87. The van der Waals surface area contributed by atoms with Gasteiger partial charge in [0.15, 0.2) is 18.9 Å². The average molecular weight is 692 g/mol. The van der Waals surface area contributed by atoms with E-state index in [0.29, 0.717) is 13.1 Å². The van der Waals surface area contributed by atoms with E-state index in [9.17, 15) is 55.9 Å². The normalized spacial score (nSPS) is 41.1. The molecule has 0 radical (unpaired) electrons. The third kappa shape index (κ3) is 10.6. The molecule has 3 aliphatic rings. The van der Waals surface area contributed by atoms with E-state index in [1.54, 1.807) is 0 Å². The maximum atomic E-state index is 11.7. The minimum atomic E-state index is -1.92. The first kappa shape index (κ1) is 40.1. The van der Waals surface area contributed by atoms with Gasteiger partial charge in [0.25, 0.3) is 0 Å². The van der Waals surface area contributed by atoms with Crippen molar-refractivity contribution in [3.8, 4) is 0 Å². The van der Waals surface area contributed by atoms with Gasteiger partial charge >= 0.3 is 0 Å². The molecule has 0 aliphatic carbocycles. The van der Waals surface area contributed by atoms with Crippen molar-refractivity contribution < 1.29 is 89.0 Å². The van der Waals surface area contributed by atoms with E-state index in [4.69, 9.17) is 38.9 Å². The molecule has 15 atom stereocenters. The van der Waals surface area contributed by atoms with Crippen LogP contribution in [0.25, 0.3) is 0 Å². The van der Waals surface area contributed by atoms with E-state index in [2.05, 4.69) is 10.6 Å². The maximum absolute atomic E-state index is 11.7. The Hall–Kier alpha value is -1.29. The summed E-state index contributed by atoms with van der Waals surface area (Å²) >= 11 is 0. The van der Waals surface area contributed by atoms with Gasteiger partial charge in [-0.15, -0.1) is 0 Å². The van der Waals surface area contributed by atoms with Crippen LogP contribution in [0.4, 0.5) is 0 Å². The van der Waals surface area contributed by atoms with Gasteiger partial charge in [0, 0.05) is 19.6 Å². The molecule has 21 nitrogen and oxygen atoms in total. The average Bonchev–Trinajstić information content (AvgIpc) is 3.06. The molecule has 21 heteroatoms. The van der Waals surface area contributed by atoms with Crippen molar-refractivity contribution in [1.82, 2.24) is 10.6 Å². The van der Waals surface area contributed by atoms with Gasteiger partial charge in [-0.3, -0.25) is 4.79 Å². The largest absolute Gasteiger partial charge is 0.394 e. The van der Waals surface area contributed by atoms with Crippen LogP contribution >= 0.6 is 0 Å². The smallest absolute Gasteiger partial charge is 0.234 e. The van der Waals surface area contributed by atoms with Crippen LogP contribution < -0.4 is 16.4 Å². The van der Waals surface area contributed by atoms with Crippen LogP contribution in [0.2, 0.25) is 0 Å². The molecule has 276 valence electrons. The lowest BCUT2D eigenvalue weighted by Gasteiger charge is -2.48. The lowest BCUT2D eigenvalue weighted by Crippen LogP contribution is -2.67. The van der Waals surface area contributed by atoms with Crippen LogP contribution in [0.1, 0.15) is 0 Å². The standard InChI is InChI=1S/C26H49N3O18/c27-1-2-28-7-14(33)29-3-4-41-5-6-42-25-22(19(38)16(35)12(9-31)44-25)47-26-23(20(39)17(36)13(10-32)45-26)46-24-21(40)18(37)15(34)11(8-30)43-24/h11-13,15-26,28,30-32,34-40H,1-10,27H2,(H,29,33)/t11?,12?,13?,15-,16-,17-,18?,19?,20?,21?,22?,23?,24+,25+,26-/m1/s1. The van der Waals surface area contributed by atoms with Gasteiger partial charge in [-0.05, 0) is 0 Å². The van der Waals surface area contributed by atoms with Crippen LogP contribution in [0.15, 0.2) is 0 Å². The Labute approximate surface area is 269 Å². The van der Waals surface area contributed by atoms with Gasteiger partial charge in [-0.2, -0.15) is 0 Å². The summed E-state index contributed by atoms with van der Waals surface area (Å²) in [6, 6.07) is 0. The van der Waals surface area contributed by atoms with Gasteiger partial charge < -0.3 is 101 Å². The molecule has 3 rings (SSSR count). The second-order valence-corrected chi connectivity index (χ2v) is 11.1. The number of nitrogens with one attached hydrogen (secondary N) is 2. The van der Waals surface area contributed by atoms with Crippen molar-refractivity contribution in [3.05, 3.63) is 0 Å². The topological polar surface area (TPSA) is 334 Å². The van der Waals surface area contributed by atoms with Crippen molar-refractivity contribution >= 4 is 5.91 Å². The number of hydrogen-bond acceptors (Lipinski definition) is 20. The molecular weight excluding hydrogens is 642 g/mol. The summed E-state index contributed by atoms with van der Waals surface area (Å²) in [7, 11) is 0. The number of aliphatic hydroxyl groups excluding tert-OH is 10. The number of nitrogens with two attached hydrogens (primary N) is 1. The number of carbonyl (C=O) groups is 1. The molecule has 3 fully saturated rings. The van der Waals surface area contributed by atoms with E-state index in [0.717, 1.165) is 0 Å². The van der Waals surface area contributed by atoms with Crippen molar-refractivity contribution in [2.24, 2.45) is 5.73 Å². The number of amides is 1. The zero-order chi connectivity index (χ0) is 34.7. The van der Waals surface area contributed by atoms with Crippen molar-refractivity contribution in [2.75, 3.05) is 65.8 Å². The molecule has 0 aromatic carbocycles. The van der Waals surface area contributed by atoms with Crippen LogP contribution in [0, 0.1) is 0 Å². The van der Waals surface area contributed by atoms with Gasteiger partial charge in [-0.1, -0.05) is 0 Å². The Balaban J connectivity index is 1.67. The first-order valence-corrected chi connectivity index (χ1v) is 15.2. The zero-order valence-corrected chi connectivity index (χ0v) is 25.5. The lowest BCUT2D eigenvalue weighted by atomic mass is 9.96. The number of hydrogen-bond donors (Lipinski definition) is 13. The fourth-order valence-electron chi connectivity index (χ4n) is 5.09. The second-order valence-electron chi connectivity index (χ2n) is 11.1. The summed E-state index contributed by atoms with van der Waals surface area (Å²) in [4.78, 5) is 11.7. The summed E-state index contributed by atoms with van der Waals surface area (Å²) in [6.07, 6.45) is -25.4. The molecule has 0 bridgehead atoms. The Bertz CT molecular complexity index is 911. The molecule has 1 amide bonds. The molecule has 14 N–H and O–H groups in total. The summed E-state index contributed by atoms with van der Waals surface area (Å²) < 4.78 is 39.1. The van der Waals surface area contributed by atoms with Crippen molar-refractivity contribution in [2.45, 2.75) is 92.1 Å². The van der Waals surface area contributed by atoms with Crippen LogP contribution in [-0.2, 0) is 38.0 Å². The Morgan fingerprint density at radius 2 is 1.13 bits per heavy atom. The SMILES string of the molecule is NCCNCC(=O)NCCOCCO[C@H]1OC(CO)[C@@H](O)C(O)C1O[C@H]1OC(CO)[C@@H](O)C(O)C1O[C@@H]1OC(CO)[C@@H](O)C(O)C1O. The Morgan fingerprint density at radius 3 is 1.70 bits per heavy atom. The fraction of sp³-hybridized carbons (Fsp3) is 0.962. The molecule has 3 aliphatic heterocycles. The second kappa shape index (κ2) is 19.8. The Morgan fingerprint density at radius 1 is 0.617 bits per heavy atom. The highest BCUT2D eigenvalue weighted by molar-refractivity contribution is 5.77. The fourth-order valence-corrected chi connectivity index (χ4v) is 5.09. The molecule has 0 spiro atoms. The summed E-state index contributed by atoms with van der Waals surface area (Å²) in [5.74, 6) is -0.253. The van der Waals surface area contributed by atoms with Gasteiger partial charge in [0.2, 0.25) is 5.91 Å². The summed E-state index contributed by atoms with van der Waals surface area (Å²) in [5.41, 5.74) is 5.35. The van der Waals surface area contributed by atoms with E-state index >= 15 is 0 Å². The van der Waals surface area contributed by atoms with Gasteiger partial charge in [0.1, 0.15) is 73.2 Å². The molecule has 9 unspecified atom stereocenters. The number of rotatable bonds is 18. The summed E-state index contributed by atoms with van der Waals surface area (Å²) in [6.45, 7) is -1.24. The van der Waals surface area contributed by atoms with E-state index in [1.807, 2.05) is 0 Å². The first-order chi connectivity index (χ1) is 22.5. The number of carbonyl (C=O) groups excluding carboxylic acids is 1. The highest BCUT2D eigenvalue weighted by Gasteiger charge is 2.54. The quantitative estimate of drug-likeness (QED) is 0.0593. The molecule has 3 heterocycles. The molecule has 0 saturated carbocycles. The Kier molecular flexibility index (Phi) is 16.9. The van der Waals surface area contributed by atoms with Crippen LogP contribution in [0.3, 0.4) is 0 Å². The van der Waals surface area contributed by atoms with Crippen molar-refractivity contribution in [1.29, 1.82) is 0 Å². The van der Waals surface area contributed by atoms with Gasteiger partial charge in [0.05, 0.1) is 46.2 Å². The third-order valence-corrected chi connectivity index (χ3v) is 7.77. The van der Waals surface area contributed by atoms with Gasteiger partial charge in [-0.25, -0.2) is 0 Å². The molecular formula is C26H49N3O18. The van der Waals surface area contributed by atoms with Crippen molar-refractivity contribution in [3.63, 3.8) is 0 Å². The minimum Gasteiger partial charge on any atom is -0.394 e. The van der Waals surface area contributed by atoms with E-state index in [-0.39, 0.29) is 38.8 Å². The predicted molar refractivity (Wildman–Crippen MR) is 151 cm³/mol. The first-order valence-electron chi connectivity index (χ1n) is 15.2. The highest BCUT2D eigenvalue weighted by Crippen LogP contribution is 2.33. The number of ether oxygens (including phenoxy) is 7. The lowest BCUT2D eigenvalue weighted by molar-refractivity contribution is -0.393.